The van der Waals surface area contributed by atoms with Crippen molar-refractivity contribution in [2.45, 2.75) is 13.0 Å². The molecule has 1 aromatic heterocycles. The molecule has 0 spiro atoms. The number of aryl methyl sites for hydroxylation is 1. The Kier molecular flexibility index (Phi) is 3.31. The second-order valence-corrected chi connectivity index (χ2v) is 4.44. The van der Waals surface area contributed by atoms with Crippen molar-refractivity contribution in [2.75, 3.05) is 0 Å². The Bertz CT molecular complexity index is 488. The molecule has 0 aliphatic heterocycles. The third kappa shape index (κ3) is 2.28. The molecule has 0 aliphatic carbocycles. The van der Waals surface area contributed by atoms with Crippen molar-refractivity contribution >= 4 is 15.9 Å². The molecular formula is C12H11BrN2O. The molecule has 2 aromatic rings. The van der Waals surface area contributed by atoms with E-state index in [-0.39, 0.29) is 0 Å². The predicted octanol–water partition coefficient (Wildman–Crippen LogP) is 2.63. The van der Waals surface area contributed by atoms with E-state index in [9.17, 15) is 5.11 Å². The number of aliphatic hydroxyl groups is 1. The predicted molar refractivity (Wildman–Crippen MR) is 65.0 cm³/mol. The van der Waals surface area contributed by atoms with E-state index in [0.29, 0.717) is 5.56 Å². The maximum atomic E-state index is 10.1. The van der Waals surface area contributed by atoms with Crippen molar-refractivity contribution in [3.05, 3.63) is 58.1 Å². The Labute approximate surface area is 102 Å². The van der Waals surface area contributed by atoms with E-state index in [4.69, 9.17) is 0 Å². The minimum Gasteiger partial charge on any atom is -0.384 e. The summed E-state index contributed by atoms with van der Waals surface area (Å²) in [6.07, 6.45) is 4.01. The van der Waals surface area contributed by atoms with Crippen molar-refractivity contribution < 1.29 is 5.11 Å². The summed E-state index contributed by atoms with van der Waals surface area (Å²) >= 11 is 3.43. The van der Waals surface area contributed by atoms with Gasteiger partial charge in [-0.1, -0.05) is 28.1 Å². The molecule has 0 bridgehead atoms. The van der Waals surface area contributed by atoms with Gasteiger partial charge in [-0.3, -0.25) is 0 Å². The van der Waals surface area contributed by atoms with E-state index in [1.54, 1.807) is 12.4 Å². The topological polar surface area (TPSA) is 46.0 Å². The fourth-order valence-electron chi connectivity index (χ4n) is 1.48. The summed E-state index contributed by atoms with van der Waals surface area (Å²) in [6, 6.07) is 5.76. The number of benzene rings is 1. The van der Waals surface area contributed by atoms with Crippen LogP contribution in [0.25, 0.3) is 0 Å². The van der Waals surface area contributed by atoms with Gasteiger partial charge in [-0.25, -0.2) is 9.97 Å². The lowest BCUT2D eigenvalue weighted by molar-refractivity contribution is 0.219. The summed E-state index contributed by atoms with van der Waals surface area (Å²) in [6.45, 7) is 1.99. The molecule has 0 fully saturated rings. The number of aliphatic hydroxyl groups excluding tert-OH is 1. The Hall–Kier alpha value is -1.26. The van der Waals surface area contributed by atoms with Crippen LogP contribution in [0.3, 0.4) is 0 Å². The van der Waals surface area contributed by atoms with Crippen LogP contribution in [0.15, 0.2) is 41.4 Å². The zero-order chi connectivity index (χ0) is 11.5. The van der Waals surface area contributed by atoms with E-state index in [1.807, 2.05) is 25.1 Å². The Morgan fingerprint density at radius 2 is 1.88 bits per heavy atom. The summed E-state index contributed by atoms with van der Waals surface area (Å²) in [7, 11) is 0. The number of hydrogen-bond donors (Lipinski definition) is 1. The first kappa shape index (κ1) is 11.2. The summed E-state index contributed by atoms with van der Waals surface area (Å²) < 4.78 is 1.03. The molecule has 1 aromatic carbocycles. The van der Waals surface area contributed by atoms with Gasteiger partial charge in [0, 0.05) is 22.4 Å². The van der Waals surface area contributed by atoms with Gasteiger partial charge in [-0.15, -0.1) is 0 Å². The fraction of sp³-hybridized carbons (Fsp3) is 0.167. The van der Waals surface area contributed by atoms with Crippen LogP contribution in [0, 0.1) is 6.92 Å². The smallest absolute Gasteiger partial charge is 0.115 e. The van der Waals surface area contributed by atoms with Gasteiger partial charge in [0.1, 0.15) is 12.4 Å². The van der Waals surface area contributed by atoms with Crippen molar-refractivity contribution in [3.8, 4) is 0 Å². The third-order valence-corrected chi connectivity index (χ3v) is 3.28. The largest absolute Gasteiger partial charge is 0.384 e. The SMILES string of the molecule is Cc1cc(C(O)c2cncnc2)ccc1Br. The number of aromatic nitrogens is 2. The molecule has 0 radical (unpaired) electrons. The number of nitrogens with zero attached hydrogens (tertiary/aromatic N) is 2. The average molecular weight is 279 g/mol. The first-order valence-electron chi connectivity index (χ1n) is 4.87. The third-order valence-electron chi connectivity index (χ3n) is 2.39. The van der Waals surface area contributed by atoms with Crippen LogP contribution >= 0.6 is 15.9 Å². The van der Waals surface area contributed by atoms with Crippen LogP contribution in [-0.4, -0.2) is 15.1 Å². The Morgan fingerprint density at radius 1 is 1.19 bits per heavy atom. The normalized spacial score (nSPS) is 12.4. The van der Waals surface area contributed by atoms with Gasteiger partial charge in [-0.05, 0) is 24.1 Å². The molecule has 1 unspecified atom stereocenters. The first-order valence-corrected chi connectivity index (χ1v) is 5.67. The van der Waals surface area contributed by atoms with Crippen LogP contribution in [0.5, 0.6) is 0 Å². The molecule has 1 N–H and O–H groups in total. The van der Waals surface area contributed by atoms with Crippen LogP contribution in [0.2, 0.25) is 0 Å². The summed E-state index contributed by atoms with van der Waals surface area (Å²) in [4.78, 5) is 7.78. The van der Waals surface area contributed by atoms with Crippen molar-refractivity contribution in [3.63, 3.8) is 0 Å². The number of rotatable bonds is 2. The lowest BCUT2D eigenvalue weighted by atomic mass is 10.0. The minimum atomic E-state index is -0.673. The first-order chi connectivity index (χ1) is 7.68. The molecule has 4 heteroatoms. The van der Waals surface area contributed by atoms with Gasteiger partial charge in [0.25, 0.3) is 0 Å². The second-order valence-electron chi connectivity index (χ2n) is 3.58. The maximum absolute atomic E-state index is 10.1. The average Bonchev–Trinajstić information content (AvgIpc) is 2.33. The van der Waals surface area contributed by atoms with Crippen LogP contribution in [0.1, 0.15) is 22.8 Å². The van der Waals surface area contributed by atoms with Crippen molar-refractivity contribution in [2.24, 2.45) is 0 Å². The van der Waals surface area contributed by atoms with Gasteiger partial charge in [0.2, 0.25) is 0 Å². The lowest BCUT2D eigenvalue weighted by Gasteiger charge is -2.11. The van der Waals surface area contributed by atoms with Gasteiger partial charge >= 0.3 is 0 Å². The highest BCUT2D eigenvalue weighted by atomic mass is 79.9. The molecule has 1 atom stereocenters. The van der Waals surface area contributed by atoms with Crippen molar-refractivity contribution in [1.82, 2.24) is 9.97 Å². The van der Waals surface area contributed by atoms with Crippen LogP contribution in [0.4, 0.5) is 0 Å². The highest BCUT2D eigenvalue weighted by Crippen LogP contribution is 2.24. The van der Waals surface area contributed by atoms with Crippen LogP contribution < -0.4 is 0 Å². The molecule has 16 heavy (non-hydrogen) atoms. The van der Waals surface area contributed by atoms with E-state index < -0.39 is 6.10 Å². The zero-order valence-corrected chi connectivity index (χ0v) is 10.3. The van der Waals surface area contributed by atoms with E-state index in [2.05, 4.69) is 25.9 Å². The minimum absolute atomic E-state index is 0.673. The van der Waals surface area contributed by atoms with E-state index in [1.165, 1.54) is 6.33 Å². The zero-order valence-electron chi connectivity index (χ0n) is 8.76. The van der Waals surface area contributed by atoms with Gasteiger partial charge in [-0.2, -0.15) is 0 Å². The summed E-state index contributed by atoms with van der Waals surface area (Å²) in [5.74, 6) is 0. The van der Waals surface area contributed by atoms with Gasteiger partial charge in [0.15, 0.2) is 0 Å². The lowest BCUT2D eigenvalue weighted by Crippen LogP contribution is -2.01. The highest BCUT2D eigenvalue weighted by Gasteiger charge is 2.11. The van der Waals surface area contributed by atoms with E-state index in [0.717, 1.165) is 15.6 Å². The molecule has 0 saturated heterocycles. The summed E-state index contributed by atoms with van der Waals surface area (Å²) in [5, 5.41) is 10.1. The molecule has 3 nitrogen and oxygen atoms in total. The fourth-order valence-corrected chi connectivity index (χ4v) is 1.73. The molecule has 2 rings (SSSR count). The Balaban J connectivity index is 2.34. The molecular weight excluding hydrogens is 268 g/mol. The standard InChI is InChI=1S/C12H11BrN2O/c1-8-4-9(2-3-11(8)13)12(16)10-5-14-7-15-6-10/h2-7,12,16H,1H3. The molecule has 0 aliphatic rings. The molecule has 82 valence electrons. The monoisotopic (exact) mass is 278 g/mol. The van der Waals surface area contributed by atoms with Crippen molar-refractivity contribution in [1.29, 1.82) is 0 Å². The Morgan fingerprint density at radius 3 is 2.50 bits per heavy atom. The highest BCUT2D eigenvalue weighted by molar-refractivity contribution is 9.10. The quantitative estimate of drug-likeness (QED) is 0.919. The summed E-state index contributed by atoms with van der Waals surface area (Å²) in [5.41, 5.74) is 2.63. The maximum Gasteiger partial charge on any atom is 0.115 e. The van der Waals surface area contributed by atoms with Gasteiger partial charge in [0.05, 0.1) is 0 Å². The molecule has 1 heterocycles. The van der Waals surface area contributed by atoms with E-state index >= 15 is 0 Å². The number of halogens is 1. The second kappa shape index (κ2) is 4.72. The molecule has 0 amide bonds. The van der Waals surface area contributed by atoms with Crippen LogP contribution in [-0.2, 0) is 0 Å². The number of hydrogen-bond acceptors (Lipinski definition) is 3. The molecule has 0 saturated carbocycles. The van der Waals surface area contributed by atoms with Gasteiger partial charge < -0.3 is 5.11 Å².